The zero-order valence-electron chi connectivity index (χ0n) is 18.6. The summed E-state index contributed by atoms with van der Waals surface area (Å²) in [5, 5.41) is 3.67. The Morgan fingerprint density at radius 2 is 1.97 bits per heavy atom. The highest BCUT2D eigenvalue weighted by atomic mass is 127. The molecule has 11 heteroatoms. The number of thioether (sulfide) groups is 1. The van der Waals surface area contributed by atoms with Crippen molar-refractivity contribution in [3.05, 3.63) is 49.4 Å². The number of esters is 1. The molecule has 1 heterocycles. The van der Waals surface area contributed by atoms with Crippen LogP contribution in [0.5, 0.6) is 17.2 Å². The first-order chi connectivity index (χ1) is 16.3. The standard InChI is InChI=1S/C23H22ClIN2O6S/c1-4-31-18-9-13(8-15(25)21(18)33-12-20(28)32-5-2)10-19-22(29)27-23(34-19)26-16-11-14(24)6-7-17(16)30-3/h6-11H,4-5,12H2,1-3H3,(H,26,27,29)/b19-10-. The maximum atomic E-state index is 12.6. The number of rotatable bonds is 9. The number of ether oxygens (including phenoxy) is 4. The van der Waals surface area contributed by atoms with Crippen molar-refractivity contribution in [1.29, 1.82) is 0 Å². The van der Waals surface area contributed by atoms with Gasteiger partial charge in [0, 0.05) is 5.02 Å². The van der Waals surface area contributed by atoms with Crippen LogP contribution in [0.3, 0.4) is 0 Å². The second kappa shape index (κ2) is 12.3. The van der Waals surface area contributed by atoms with E-state index in [1.807, 2.05) is 13.0 Å². The molecule has 8 nitrogen and oxygen atoms in total. The van der Waals surface area contributed by atoms with Crippen molar-refractivity contribution in [2.24, 2.45) is 4.99 Å². The summed E-state index contributed by atoms with van der Waals surface area (Å²) < 4.78 is 22.3. The molecule has 2 aromatic rings. The Kier molecular flexibility index (Phi) is 9.48. The number of aliphatic imine (C=N–C) groups is 1. The number of hydrogen-bond acceptors (Lipinski definition) is 8. The number of nitrogens with zero attached hydrogens (tertiary/aromatic N) is 1. The van der Waals surface area contributed by atoms with E-state index in [1.54, 1.807) is 37.3 Å². The van der Waals surface area contributed by atoms with Gasteiger partial charge < -0.3 is 24.3 Å². The first-order valence-electron chi connectivity index (χ1n) is 10.2. The van der Waals surface area contributed by atoms with Gasteiger partial charge in [-0.05, 0) is 90.2 Å². The zero-order chi connectivity index (χ0) is 24.7. The van der Waals surface area contributed by atoms with Crippen molar-refractivity contribution in [2.75, 3.05) is 26.9 Å². The molecule has 1 amide bonds. The Morgan fingerprint density at radius 1 is 1.18 bits per heavy atom. The molecule has 1 aliphatic rings. The molecule has 1 N–H and O–H groups in total. The van der Waals surface area contributed by atoms with Gasteiger partial charge in [0.05, 0.1) is 28.8 Å². The van der Waals surface area contributed by atoms with Crippen LogP contribution in [0.15, 0.2) is 40.2 Å². The fraction of sp³-hybridized carbons (Fsp3) is 0.261. The molecular weight excluding hydrogens is 595 g/mol. The lowest BCUT2D eigenvalue weighted by atomic mass is 10.2. The van der Waals surface area contributed by atoms with Gasteiger partial charge in [-0.15, -0.1) is 0 Å². The number of amides is 1. The van der Waals surface area contributed by atoms with Gasteiger partial charge in [-0.3, -0.25) is 4.79 Å². The Morgan fingerprint density at radius 3 is 2.68 bits per heavy atom. The summed E-state index contributed by atoms with van der Waals surface area (Å²) in [4.78, 5) is 29.2. The van der Waals surface area contributed by atoms with Crippen LogP contribution < -0.4 is 19.5 Å². The number of benzene rings is 2. The Balaban J connectivity index is 1.85. The first kappa shape index (κ1) is 26.2. The normalized spacial score (nSPS) is 15.4. The molecule has 0 saturated carbocycles. The van der Waals surface area contributed by atoms with Crippen LogP contribution in [-0.4, -0.2) is 44.0 Å². The summed E-state index contributed by atoms with van der Waals surface area (Å²) in [6.45, 7) is 4.03. The lowest BCUT2D eigenvalue weighted by molar-refractivity contribution is -0.145. The quantitative estimate of drug-likeness (QED) is 0.236. The minimum absolute atomic E-state index is 0.227. The van der Waals surface area contributed by atoms with Crippen LogP contribution in [0.2, 0.25) is 5.02 Å². The number of methoxy groups -OCH3 is 1. The molecule has 1 aliphatic heterocycles. The van der Waals surface area contributed by atoms with Gasteiger partial charge in [-0.2, -0.15) is 0 Å². The van der Waals surface area contributed by atoms with Crippen LogP contribution in [0.1, 0.15) is 19.4 Å². The fourth-order valence-corrected chi connectivity index (χ4v) is 4.68. The third-order valence-corrected chi connectivity index (χ3v) is 6.23. The molecule has 180 valence electrons. The van der Waals surface area contributed by atoms with E-state index in [1.165, 1.54) is 18.9 Å². The molecule has 0 aromatic heterocycles. The second-order valence-corrected chi connectivity index (χ2v) is 9.28. The smallest absolute Gasteiger partial charge is 0.344 e. The van der Waals surface area contributed by atoms with Crippen LogP contribution >= 0.6 is 46.0 Å². The molecule has 0 unspecified atom stereocenters. The second-order valence-electron chi connectivity index (χ2n) is 6.65. The van der Waals surface area contributed by atoms with E-state index < -0.39 is 5.97 Å². The van der Waals surface area contributed by atoms with Gasteiger partial charge in [-0.1, -0.05) is 11.6 Å². The maximum Gasteiger partial charge on any atom is 0.344 e. The minimum atomic E-state index is -0.464. The van der Waals surface area contributed by atoms with E-state index in [0.29, 0.717) is 44.6 Å². The molecule has 0 radical (unpaired) electrons. The first-order valence-corrected chi connectivity index (χ1v) is 12.5. The SMILES string of the molecule is CCOC(=O)COc1c(I)cc(/C=C2\SC(=Nc3cc(Cl)ccc3OC)NC2=O)cc1OCC. The highest BCUT2D eigenvalue weighted by Crippen LogP contribution is 2.37. The highest BCUT2D eigenvalue weighted by molar-refractivity contribution is 14.1. The molecule has 0 bridgehead atoms. The number of hydrogen-bond donors (Lipinski definition) is 1. The monoisotopic (exact) mass is 616 g/mol. The van der Waals surface area contributed by atoms with Crippen molar-refractivity contribution < 1.29 is 28.5 Å². The van der Waals surface area contributed by atoms with Gasteiger partial charge in [0.15, 0.2) is 23.3 Å². The molecule has 34 heavy (non-hydrogen) atoms. The lowest BCUT2D eigenvalue weighted by Crippen LogP contribution is -2.19. The van der Waals surface area contributed by atoms with Crippen molar-refractivity contribution in [2.45, 2.75) is 13.8 Å². The largest absolute Gasteiger partial charge is 0.494 e. The number of carbonyl (C=O) groups is 2. The number of amidine groups is 1. The van der Waals surface area contributed by atoms with Crippen molar-refractivity contribution in [3.63, 3.8) is 0 Å². The predicted octanol–water partition coefficient (Wildman–Crippen LogP) is 5.19. The molecule has 0 atom stereocenters. The van der Waals surface area contributed by atoms with E-state index in [9.17, 15) is 9.59 Å². The van der Waals surface area contributed by atoms with Crippen molar-refractivity contribution in [3.8, 4) is 17.2 Å². The topological polar surface area (TPSA) is 95.5 Å². The van der Waals surface area contributed by atoms with Crippen LogP contribution in [0, 0.1) is 3.57 Å². The van der Waals surface area contributed by atoms with Gasteiger partial charge in [0.1, 0.15) is 11.4 Å². The zero-order valence-corrected chi connectivity index (χ0v) is 22.4. The molecule has 1 saturated heterocycles. The summed E-state index contributed by atoms with van der Waals surface area (Å²) in [6.07, 6.45) is 1.73. The van der Waals surface area contributed by atoms with Crippen LogP contribution in [0.4, 0.5) is 5.69 Å². The summed E-state index contributed by atoms with van der Waals surface area (Å²) in [6, 6.07) is 8.66. The minimum Gasteiger partial charge on any atom is -0.494 e. The third kappa shape index (κ3) is 6.80. The fourth-order valence-electron chi connectivity index (χ4n) is 2.90. The van der Waals surface area contributed by atoms with Crippen LogP contribution in [-0.2, 0) is 14.3 Å². The average molecular weight is 617 g/mol. The van der Waals surface area contributed by atoms with E-state index in [2.05, 4.69) is 32.9 Å². The van der Waals surface area contributed by atoms with Crippen molar-refractivity contribution >= 4 is 74.8 Å². The van der Waals surface area contributed by atoms with Gasteiger partial charge in [0.25, 0.3) is 5.91 Å². The van der Waals surface area contributed by atoms with E-state index in [0.717, 1.165) is 9.13 Å². The summed E-state index contributed by atoms with van der Waals surface area (Å²) in [7, 11) is 1.54. The number of halogens is 2. The molecule has 3 rings (SSSR count). The van der Waals surface area contributed by atoms with Gasteiger partial charge >= 0.3 is 5.97 Å². The van der Waals surface area contributed by atoms with Crippen LogP contribution in [0.25, 0.3) is 6.08 Å². The average Bonchev–Trinajstić information content (AvgIpc) is 3.12. The predicted molar refractivity (Wildman–Crippen MR) is 141 cm³/mol. The summed E-state index contributed by atoms with van der Waals surface area (Å²) in [5.74, 6) is 0.705. The molecule has 0 aliphatic carbocycles. The van der Waals surface area contributed by atoms with E-state index in [4.69, 9.17) is 30.5 Å². The lowest BCUT2D eigenvalue weighted by Gasteiger charge is -2.14. The third-order valence-electron chi connectivity index (χ3n) is 4.28. The highest BCUT2D eigenvalue weighted by Gasteiger charge is 2.25. The molecule has 1 fully saturated rings. The van der Waals surface area contributed by atoms with Crippen molar-refractivity contribution in [1.82, 2.24) is 5.32 Å². The number of carbonyl (C=O) groups excluding carboxylic acids is 2. The Hall–Kier alpha value is -2.44. The Labute approximate surface area is 220 Å². The summed E-state index contributed by atoms with van der Waals surface area (Å²) in [5.41, 5.74) is 1.24. The Bertz CT molecular complexity index is 1150. The maximum absolute atomic E-state index is 12.6. The molecule has 0 spiro atoms. The van der Waals surface area contributed by atoms with E-state index in [-0.39, 0.29) is 19.1 Å². The van der Waals surface area contributed by atoms with E-state index >= 15 is 0 Å². The number of nitrogens with one attached hydrogen (secondary N) is 1. The molecule has 2 aromatic carbocycles. The molecular formula is C23H22ClIN2O6S. The van der Waals surface area contributed by atoms with Gasteiger partial charge in [0.2, 0.25) is 0 Å². The summed E-state index contributed by atoms with van der Waals surface area (Å²) >= 11 is 9.36. The van der Waals surface area contributed by atoms with Gasteiger partial charge in [-0.25, -0.2) is 9.79 Å².